The molecule has 1 aliphatic heterocycles. The fourth-order valence-corrected chi connectivity index (χ4v) is 3.67. The van der Waals surface area contributed by atoms with Gasteiger partial charge in [0, 0.05) is 25.0 Å². The van der Waals surface area contributed by atoms with Gasteiger partial charge in [0.25, 0.3) is 5.56 Å². The summed E-state index contributed by atoms with van der Waals surface area (Å²) in [6.07, 6.45) is 0.765. The van der Waals surface area contributed by atoms with Crippen molar-refractivity contribution >= 4 is 21.9 Å². The zero-order valence-corrected chi connectivity index (χ0v) is 14.7. The molecule has 6 heteroatoms. The Morgan fingerprint density at radius 3 is 2.68 bits per heavy atom. The SMILES string of the molecule is CC(C)c1nc2c(c(=O)c3ccccc3n2C)c(=O)n1C1CCOC1. The minimum Gasteiger partial charge on any atom is -0.379 e. The summed E-state index contributed by atoms with van der Waals surface area (Å²) in [6, 6.07) is 7.28. The van der Waals surface area contributed by atoms with Crippen LogP contribution < -0.4 is 11.0 Å². The Balaban J connectivity index is 2.20. The number of nitrogens with zero attached hydrogens (tertiary/aromatic N) is 3. The van der Waals surface area contributed by atoms with Crippen LogP contribution in [0, 0.1) is 0 Å². The van der Waals surface area contributed by atoms with Crippen molar-refractivity contribution in [3.63, 3.8) is 0 Å². The maximum atomic E-state index is 13.3. The number of aryl methyl sites for hydroxylation is 1. The van der Waals surface area contributed by atoms with Crippen molar-refractivity contribution in [2.24, 2.45) is 7.05 Å². The van der Waals surface area contributed by atoms with Crippen molar-refractivity contribution in [1.82, 2.24) is 14.1 Å². The Hall–Kier alpha value is -2.47. The van der Waals surface area contributed by atoms with E-state index in [1.165, 1.54) is 0 Å². The molecule has 0 amide bonds. The number of rotatable bonds is 2. The number of aromatic nitrogens is 3. The number of benzene rings is 1. The standard InChI is InChI=1S/C19H21N3O3/c1-11(2)17-20-18-15(19(24)22(17)12-8-9-25-10-12)16(23)13-6-4-5-7-14(13)21(18)3/h4-7,11-12H,8-10H2,1-3H3. The smallest absolute Gasteiger partial charge is 0.267 e. The van der Waals surface area contributed by atoms with Gasteiger partial charge in [-0.2, -0.15) is 0 Å². The zero-order valence-electron chi connectivity index (χ0n) is 14.7. The molecule has 130 valence electrons. The zero-order chi connectivity index (χ0) is 17.7. The van der Waals surface area contributed by atoms with Gasteiger partial charge < -0.3 is 9.30 Å². The fraction of sp³-hybridized carbons (Fsp3) is 0.421. The summed E-state index contributed by atoms with van der Waals surface area (Å²) in [4.78, 5) is 31.1. The minimum absolute atomic E-state index is 0.0574. The van der Waals surface area contributed by atoms with Crippen LogP contribution in [0.25, 0.3) is 21.9 Å². The molecule has 1 aliphatic rings. The van der Waals surface area contributed by atoms with E-state index in [0.717, 1.165) is 11.9 Å². The second-order valence-corrected chi connectivity index (χ2v) is 6.92. The van der Waals surface area contributed by atoms with E-state index in [-0.39, 0.29) is 28.3 Å². The lowest BCUT2D eigenvalue weighted by Gasteiger charge is -2.21. The molecule has 1 saturated heterocycles. The molecule has 25 heavy (non-hydrogen) atoms. The van der Waals surface area contributed by atoms with Crippen LogP contribution in [0.2, 0.25) is 0 Å². The molecule has 1 atom stereocenters. The third-order valence-electron chi connectivity index (χ3n) is 4.97. The Morgan fingerprint density at radius 2 is 2.00 bits per heavy atom. The molecular formula is C19H21N3O3. The molecule has 0 aliphatic carbocycles. The van der Waals surface area contributed by atoms with Crippen LogP contribution in [0.5, 0.6) is 0 Å². The second-order valence-electron chi connectivity index (χ2n) is 6.92. The largest absolute Gasteiger partial charge is 0.379 e. The number of pyridine rings is 1. The average Bonchev–Trinajstić information content (AvgIpc) is 3.13. The van der Waals surface area contributed by atoms with E-state index < -0.39 is 0 Å². The Kier molecular flexibility index (Phi) is 3.72. The number of hydrogen-bond donors (Lipinski definition) is 0. The summed E-state index contributed by atoms with van der Waals surface area (Å²) in [7, 11) is 1.85. The summed E-state index contributed by atoms with van der Waals surface area (Å²) >= 11 is 0. The highest BCUT2D eigenvalue weighted by molar-refractivity contribution is 5.91. The number of para-hydroxylation sites is 1. The first-order valence-electron chi connectivity index (χ1n) is 8.62. The van der Waals surface area contributed by atoms with Crippen molar-refractivity contribution in [3.05, 3.63) is 50.7 Å². The monoisotopic (exact) mass is 339 g/mol. The maximum Gasteiger partial charge on any atom is 0.267 e. The van der Waals surface area contributed by atoms with Crippen molar-refractivity contribution in [2.45, 2.75) is 32.2 Å². The van der Waals surface area contributed by atoms with Gasteiger partial charge in [-0.15, -0.1) is 0 Å². The van der Waals surface area contributed by atoms with Crippen molar-refractivity contribution in [1.29, 1.82) is 0 Å². The quantitative estimate of drug-likeness (QED) is 0.672. The molecule has 1 aromatic carbocycles. The molecule has 1 unspecified atom stereocenters. The first kappa shape index (κ1) is 16.0. The van der Waals surface area contributed by atoms with Crippen LogP contribution in [-0.4, -0.2) is 27.3 Å². The number of ether oxygens (including phenoxy) is 1. The lowest BCUT2D eigenvalue weighted by atomic mass is 10.1. The van der Waals surface area contributed by atoms with Crippen molar-refractivity contribution in [3.8, 4) is 0 Å². The van der Waals surface area contributed by atoms with E-state index in [2.05, 4.69) is 0 Å². The molecule has 0 bridgehead atoms. The maximum absolute atomic E-state index is 13.3. The normalized spacial score (nSPS) is 17.8. The van der Waals surface area contributed by atoms with E-state index >= 15 is 0 Å². The highest BCUT2D eigenvalue weighted by atomic mass is 16.5. The third kappa shape index (κ3) is 2.32. The van der Waals surface area contributed by atoms with Crippen molar-refractivity contribution < 1.29 is 4.74 Å². The summed E-state index contributed by atoms with van der Waals surface area (Å²) in [5.41, 5.74) is 0.732. The van der Waals surface area contributed by atoms with Crippen LogP contribution in [0.15, 0.2) is 33.9 Å². The van der Waals surface area contributed by atoms with E-state index in [9.17, 15) is 9.59 Å². The van der Waals surface area contributed by atoms with Gasteiger partial charge in [-0.3, -0.25) is 14.2 Å². The van der Waals surface area contributed by atoms with Crippen LogP contribution in [0.4, 0.5) is 0 Å². The van der Waals surface area contributed by atoms with Gasteiger partial charge in [0.05, 0.1) is 18.2 Å². The average molecular weight is 339 g/mol. The topological polar surface area (TPSA) is 66.1 Å². The van der Waals surface area contributed by atoms with Gasteiger partial charge in [0.15, 0.2) is 5.65 Å². The molecule has 0 radical (unpaired) electrons. The first-order chi connectivity index (χ1) is 12.0. The summed E-state index contributed by atoms with van der Waals surface area (Å²) in [6.45, 7) is 5.14. The molecule has 3 aromatic rings. The number of fused-ring (bicyclic) bond motifs is 2. The summed E-state index contributed by atoms with van der Waals surface area (Å²) < 4.78 is 9.00. The van der Waals surface area contributed by atoms with E-state index in [4.69, 9.17) is 9.72 Å². The Morgan fingerprint density at radius 1 is 1.24 bits per heavy atom. The van der Waals surface area contributed by atoms with Crippen LogP contribution in [0.3, 0.4) is 0 Å². The van der Waals surface area contributed by atoms with E-state index in [1.807, 2.05) is 43.7 Å². The van der Waals surface area contributed by atoms with E-state index in [0.29, 0.717) is 30.1 Å². The highest BCUT2D eigenvalue weighted by Gasteiger charge is 2.26. The molecule has 6 nitrogen and oxygen atoms in total. The van der Waals surface area contributed by atoms with Gasteiger partial charge in [-0.25, -0.2) is 4.98 Å². The summed E-state index contributed by atoms with van der Waals surface area (Å²) in [5.74, 6) is 0.776. The summed E-state index contributed by atoms with van der Waals surface area (Å²) in [5, 5.41) is 0.709. The van der Waals surface area contributed by atoms with Gasteiger partial charge in [-0.1, -0.05) is 26.0 Å². The molecule has 0 saturated carbocycles. The van der Waals surface area contributed by atoms with Gasteiger partial charge in [0.2, 0.25) is 5.43 Å². The molecule has 1 fully saturated rings. The Bertz CT molecular complexity index is 1090. The first-order valence-corrected chi connectivity index (χ1v) is 8.62. The minimum atomic E-state index is -0.254. The van der Waals surface area contributed by atoms with Crippen LogP contribution in [-0.2, 0) is 11.8 Å². The lowest BCUT2D eigenvalue weighted by Crippen LogP contribution is -2.34. The fourth-order valence-electron chi connectivity index (χ4n) is 3.67. The van der Waals surface area contributed by atoms with Crippen LogP contribution >= 0.6 is 0 Å². The molecule has 0 spiro atoms. The molecule has 0 N–H and O–H groups in total. The predicted molar refractivity (Wildman–Crippen MR) is 97.3 cm³/mol. The third-order valence-corrected chi connectivity index (χ3v) is 4.97. The molecule has 3 heterocycles. The lowest BCUT2D eigenvalue weighted by molar-refractivity contribution is 0.185. The van der Waals surface area contributed by atoms with Gasteiger partial charge in [0.1, 0.15) is 11.2 Å². The van der Waals surface area contributed by atoms with Gasteiger partial charge >= 0.3 is 0 Å². The van der Waals surface area contributed by atoms with Crippen molar-refractivity contribution in [2.75, 3.05) is 13.2 Å². The molecular weight excluding hydrogens is 318 g/mol. The highest BCUT2D eigenvalue weighted by Crippen LogP contribution is 2.24. The predicted octanol–water partition coefficient (Wildman–Crippen LogP) is 2.33. The van der Waals surface area contributed by atoms with E-state index in [1.54, 1.807) is 10.6 Å². The molecule has 2 aromatic heterocycles. The van der Waals surface area contributed by atoms with Crippen LogP contribution in [0.1, 0.15) is 38.1 Å². The second kappa shape index (κ2) is 5.81. The molecule has 4 rings (SSSR count). The number of hydrogen-bond acceptors (Lipinski definition) is 4. The Labute approximate surface area is 144 Å². The van der Waals surface area contributed by atoms with Gasteiger partial charge in [-0.05, 0) is 18.6 Å².